The number of likely N-dealkylation sites (tertiary alicyclic amines) is 1. The van der Waals surface area contributed by atoms with E-state index >= 15 is 0 Å². The molecule has 1 aromatic rings. The Morgan fingerprint density at radius 2 is 2.00 bits per heavy atom. The Hall–Kier alpha value is -0.920. The molecule has 1 atom stereocenters. The van der Waals surface area contributed by atoms with Gasteiger partial charge in [-0.25, -0.2) is 8.42 Å². The lowest BCUT2D eigenvalue weighted by molar-refractivity contribution is -0.127. The van der Waals surface area contributed by atoms with Crippen molar-refractivity contribution in [3.05, 3.63) is 15.8 Å². The molecule has 2 saturated heterocycles. The topological polar surface area (TPSA) is 57.7 Å². The lowest BCUT2D eigenvalue weighted by Crippen LogP contribution is -2.45. The number of rotatable bonds is 5. The molecule has 2 fully saturated rings. The second-order valence-electron chi connectivity index (χ2n) is 6.82. The Bertz CT molecular complexity index is 711. The highest BCUT2D eigenvalue weighted by Crippen LogP contribution is 2.32. The molecular formula is C17H26N2O3S2. The molecule has 1 amide bonds. The van der Waals surface area contributed by atoms with E-state index in [0.29, 0.717) is 24.4 Å². The SMILES string of the molecule is Cc1cc(S(=O)(=O)N2CCCCC2CCN2CCCC2=O)c(C)s1. The van der Waals surface area contributed by atoms with E-state index < -0.39 is 10.0 Å². The largest absolute Gasteiger partial charge is 0.343 e. The Balaban J connectivity index is 1.76. The second-order valence-corrected chi connectivity index (χ2v) is 10.1. The molecule has 0 aliphatic carbocycles. The van der Waals surface area contributed by atoms with Gasteiger partial charge in [-0.05, 0) is 45.6 Å². The maximum Gasteiger partial charge on any atom is 0.244 e. The van der Waals surface area contributed by atoms with E-state index in [1.165, 1.54) is 11.3 Å². The van der Waals surface area contributed by atoms with Crippen molar-refractivity contribution in [1.29, 1.82) is 0 Å². The summed E-state index contributed by atoms with van der Waals surface area (Å²) < 4.78 is 28.0. The van der Waals surface area contributed by atoms with Crippen LogP contribution in [0.2, 0.25) is 0 Å². The highest BCUT2D eigenvalue weighted by atomic mass is 32.2. The van der Waals surface area contributed by atoms with Crippen molar-refractivity contribution in [2.24, 2.45) is 0 Å². The van der Waals surface area contributed by atoms with Gasteiger partial charge < -0.3 is 4.90 Å². The summed E-state index contributed by atoms with van der Waals surface area (Å²) in [7, 11) is -3.44. The van der Waals surface area contributed by atoms with E-state index in [9.17, 15) is 13.2 Å². The third kappa shape index (κ3) is 3.53. The summed E-state index contributed by atoms with van der Waals surface area (Å²) in [6.45, 7) is 5.92. The third-order valence-electron chi connectivity index (χ3n) is 5.06. The molecule has 0 spiro atoms. The molecule has 3 rings (SSSR count). The summed E-state index contributed by atoms with van der Waals surface area (Å²) in [5.41, 5.74) is 0. The number of carbonyl (C=O) groups excluding carboxylic acids is 1. The van der Waals surface area contributed by atoms with Crippen molar-refractivity contribution in [2.45, 2.75) is 63.3 Å². The number of nitrogens with zero attached hydrogens (tertiary/aromatic N) is 2. The molecular weight excluding hydrogens is 344 g/mol. The van der Waals surface area contributed by atoms with Crippen LogP contribution >= 0.6 is 11.3 Å². The van der Waals surface area contributed by atoms with Crippen LogP contribution in [0.15, 0.2) is 11.0 Å². The van der Waals surface area contributed by atoms with Crippen molar-refractivity contribution < 1.29 is 13.2 Å². The van der Waals surface area contributed by atoms with Crippen LogP contribution in [0.3, 0.4) is 0 Å². The van der Waals surface area contributed by atoms with E-state index in [1.807, 2.05) is 18.7 Å². The van der Waals surface area contributed by atoms with E-state index in [-0.39, 0.29) is 11.9 Å². The van der Waals surface area contributed by atoms with Crippen LogP contribution in [0.5, 0.6) is 0 Å². The number of aryl methyl sites for hydroxylation is 2. The zero-order chi connectivity index (χ0) is 17.3. The van der Waals surface area contributed by atoms with Crippen LogP contribution in [0.4, 0.5) is 0 Å². The Morgan fingerprint density at radius 3 is 2.62 bits per heavy atom. The minimum atomic E-state index is -3.44. The molecule has 2 aliphatic rings. The number of hydrogen-bond donors (Lipinski definition) is 0. The Labute approximate surface area is 148 Å². The van der Waals surface area contributed by atoms with Crippen LogP contribution in [0, 0.1) is 13.8 Å². The molecule has 134 valence electrons. The van der Waals surface area contributed by atoms with Crippen LogP contribution in [-0.2, 0) is 14.8 Å². The van der Waals surface area contributed by atoms with Gasteiger partial charge in [-0.15, -0.1) is 11.3 Å². The van der Waals surface area contributed by atoms with Crippen LogP contribution in [-0.4, -0.2) is 49.2 Å². The molecule has 24 heavy (non-hydrogen) atoms. The first-order chi connectivity index (χ1) is 11.4. The van der Waals surface area contributed by atoms with E-state index in [0.717, 1.165) is 48.4 Å². The summed E-state index contributed by atoms with van der Waals surface area (Å²) in [6.07, 6.45) is 5.18. The summed E-state index contributed by atoms with van der Waals surface area (Å²) in [5, 5.41) is 0. The third-order valence-corrected chi connectivity index (χ3v) is 8.23. The number of thiophene rings is 1. The highest BCUT2D eigenvalue weighted by Gasteiger charge is 2.35. The van der Waals surface area contributed by atoms with Crippen LogP contribution in [0.25, 0.3) is 0 Å². The standard InChI is InChI=1S/C17H26N2O3S2/c1-13-12-16(14(2)23-13)24(21,22)19-10-4-3-6-15(19)8-11-18-9-5-7-17(18)20/h12,15H,3-11H2,1-2H3. The van der Waals surface area contributed by atoms with Gasteiger partial charge in [0.15, 0.2) is 0 Å². The van der Waals surface area contributed by atoms with Crippen molar-refractivity contribution in [3.8, 4) is 0 Å². The average molecular weight is 371 g/mol. The predicted octanol–water partition coefficient (Wildman–Crippen LogP) is 2.92. The summed E-state index contributed by atoms with van der Waals surface area (Å²) in [5.74, 6) is 0.213. The summed E-state index contributed by atoms with van der Waals surface area (Å²) in [6, 6.07) is 1.81. The maximum atomic E-state index is 13.1. The number of carbonyl (C=O) groups is 1. The average Bonchev–Trinajstić information content (AvgIpc) is 3.10. The smallest absolute Gasteiger partial charge is 0.244 e. The van der Waals surface area contributed by atoms with E-state index in [1.54, 1.807) is 10.4 Å². The minimum absolute atomic E-state index is 0.0109. The normalized spacial score (nSPS) is 23.2. The molecule has 0 aromatic carbocycles. The minimum Gasteiger partial charge on any atom is -0.343 e. The van der Waals surface area contributed by atoms with Crippen molar-refractivity contribution in [3.63, 3.8) is 0 Å². The van der Waals surface area contributed by atoms with Crippen molar-refractivity contribution >= 4 is 27.3 Å². The molecule has 3 heterocycles. The first kappa shape index (κ1) is 17.9. The van der Waals surface area contributed by atoms with Gasteiger partial charge in [-0.2, -0.15) is 4.31 Å². The van der Waals surface area contributed by atoms with Crippen LogP contribution < -0.4 is 0 Å². The zero-order valence-corrected chi connectivity index (χ0v) is 16.1. The van der Waals surface area contributed by atoms with Gasteiger partial charge in [-0.3, -0.25) is 4.79 Å². The molecule has 0 saturated carbocycles. The Morgan fingerprint density at radius 1 is 1.21 bits per heavy atom. The molecule has 1 unspecified atom stereocenters. The molecule has 5 nitrogen and oxygen atoms in total. The number of piperidine rings is 1. The van der Waals surface area contributed by atoms with Gasteiger partial charge in [0.1, 0.15) is 0 Å². The quantitative estimate of drug-likeness (QED) is 0.801. The zero-order valence-electron chi connectivity index (χ0n) is 14.5. The van der Waals surface area contributed by atoms with Gasteiger partial charge in [0.2, 0.25) is 15.9 Å². The first-order valence-corrected chi connectivity index (χ1v) is 11.0. The number of sulfonamides is 1. The van der Waals surface area contributed by atoms with Gasteiger partial charge in [-0.1, -0.05) is 6.42 Å². The fourth-order valence-electron chi connectivity index (χ4n) is 3.81. The molecule has 7 heteroatoms. The van der Waals surface area contributed by atoms with Crippen molar-refractivity contribution in [2.75, 3.05) is 19.6 Å². The van der Waals surface area contributed by atoms with E-state index in [4.69, 9.17) is 0 Å². The monoisotopic (exact) mass is 370 g/mol. The second kappa shape index (κ2) is 7.14. The summed E-state index contributed by atoms with van der Waals surface area (Å²) in [4.78, 5) is 16.0. The fraction of sp³-hybridized carbons (Fsp3) is 0.706. The van der Waals surface area contributed by atoms with E-state index in [2.05, 4.69) is 0 Å². The lowest BCUT2D eigenvalue weighted by atomic mass is 10.0. The highest BCUT2D eigenvalue weighted by molar-refractivity contribution is 7.89. The van der Waals surface area contributed by atoms with Gasteiger partial charge in [0.05, 0.1) is 4.90 Å². The van der Waals surface area contributed by atoms with Gasteiger partial charge in [0, 0.05) is 41.9 Å². The molecule has 0 radical (unpaired) electrons. The molecule has 0 N–H and O–H groups in total. The predicted molar refractivity (Wildman–Crippen MR) is 95.8 cm³/mol. The Kier molecular flexibility index (Phi) is 5.32. The maximum absolute atomic E-state index is 13.1. The molecule has 0 bridgehead atoms. The van der Waals surface area contributed by atoms with Gasteiger partial charge in [0.25, 0.3) is 0 Å². The van der Waals surface area contributed by atoms with Crippen molar-refractivity contribution in [1.82, 2.24) is 9.21 Å². The number of amides is 1. The number of hydrogen-bond acceptors (Lipinski definition) is 4. The first-order valence-electron chi connectivity index (χ1n) is 8.76. The fourth-order valence-corrected chi connectivity index (χ4v) is 7.06. The summed E-state index contributed by atoms with van der Waals surface area (Å²) >= 11 is 1.54. The molecule has 1 aromatic heterocycles. The van der Waals surface area contributed by atoms with Gasteiger partial charge >= 0.3 is 0 Å². The molecule has 2 aliphatic heterocycles. The van der Waals surface area contributed by atoms with Crippen LogP contribution in [0.1, 0.15) is 48.3 Å². The lowest BCUT2D eigenvalue weighted by Gasteiger charge is -2.35.